The molecule has 2 aliphatic heterocycles. The predicted molar refractivity (Wildman–Crippen MR) is 85.2 cm³/mol. The Balaban J connectivity index is 1.79. The Bertz CT molecular complexity index is 710. The van der Waals surface area contributed by atoms with Crippen molar-refractivity contribution in [2.45, 2.75) is 43.5 Å². The summed E-state index contributed by atoms with van der Waals surface area (Å²) in [7, 11) is 1.57. The van der Waals surface area contributed by atoms with Gasteiger partial charge in [0.25, 0.3) is 5.56 Å². The molecule has 0 saturated carbocycles. The molecule has 1 unspecified atom stereocenters. The fourth-order valence-corrected chi connectivity index (χ4v) is 3.22. The first-order chi connectivity index (χ1) is 12.1. The zero-order valence-electron chi connectivity index (χ0n) is 13.9. The molecule has 0 amide bonds. The molecule has 1 N–H and O–H groups in total. The summed E-state index contributed by atoms with van der Waals surface area (Å²) in [6.45, 7) is 0.928. The van der Waals surface area contributed by atoms with Gasteiger partial charge in [0.15, 0.2) is 5.79 Å². The van der Waals surface area contributed by atoms with Crippen LogP contribution in [0.3, 0.4) is 0 Å². The van der Waals surface area contributed by atoms with E-state index in [2.05, 4.69) is 10.2 Å². The Hall–Kier alpha value is -1.88. The van der Waals surface area contributed by atoms with Crippen LogP contribution in [0.1, 0.15) is 25.5 Å². The van der Waals surface area contributed by atoms with E-state index in [4.69, 9.17) is 18.9 Å². The number of aromatic amines is 1. The predicted octanol–water partition coefficient (Wildman–Crippen LogP) is 0.129. The van der Waals surface area contributed by atoms with Crippen LogP contribution in [0.15, 0.2) is 27.0 Å². The monoisotopic (exact) mass is 355 g/mol. The smallest absolute Gasteiger partial charge is 0.330 e. The van der Waals surface area contributed by atoms with E-state index in [0.29, 0.717) is 32.5 Å². The summed E-state index contributed by atoms with van der Waals surface area (Å²) in [5.74, 6) is -0.807. The number of aromatic nitrogens is 2. The fraction of sp³-hybridized carbons (Fsp3) is 0.733. The van der Waals surface area contributed by atoms with E-state index in [1.54, 1.807) is 7.11 Å². The molecule has 2 fully saturated rings. The molecule has 10 heteroatoms. The summed E-state index contributed by atoms with van der Waals surface area (Å²) in [4.78, 5) is 36.1. The van der Waals surface area contributed by atoms with Gasteiger partial charge in [0.2, 0.25) is 0 Å². The van der Waals surface area contributed by atoms with Gasteiger partial charge in [-0.05, 0) is 0 Å². The lowest BCUT2D eigenvalue weighted by Gasteiger charge is -2.38. The lowest BCUT2D eigenvalue weighted by molar-refractivity contribution is -0.280. The molecule has 3 atom stereocenters. The number of nitrogens with zero attached hydrogens (tertiary/aromatic N) is 2. The van der Waals surface area contributed by atoms with Gasteiger partial charge in [0, 0.05) is 38.6 Å². The summed E-state index contributed by atoms with van der Waals surface area (Å²) < 4.78 is 24.1. The van der Waals surface area contributed by atoms with Crippen molar-refractivity contribution in [3.8, 4) is 0 Å². The van der Waals surface area contributed by atoms with Crippen LogP contribution in [0, 0.1) is 4.91 Å². The van der Waals surface area contributed by atoms with Crippen molar-refractivity contribution >= 4 is 0 Å². The normalized spacial score (nSPS) is 28.8. The Morgan fingerprint density at radius 3 is 2.80 bits per heavy atom. The van der Waals surface area contributed by atoms with E-state index in [9.17, 15) is 14.5 Å². The molecule has 0 bridgehead atoms. The van der Waals surface area contributed by atoms with E-state index in [1.807, 2.05) is 0 Å². The highest BCUT2D eigenvalue weighted by molar-refractivity contribution is 4.91. The standard InChI is InChI=1S/C15H21N3O7/c1-22-15(3-6-23-7-4-15)25-10-8-13(24-11(10)9-16-21)18-5-2-12(19)17-14(18)20/h2,5,10-11,13H,3-4,6-9H2,1H3,(H,17,19,20)/t10?,11-,13-/m1/s1. The molecule has 3 rings (SSSR count). The first-order valence-corrected chi connectivity index (χ1v) is 8.14. The molecule has 1 aromatic heterocycles. The average molecular weight is 355 g/mol. The molecule has 0 aliphatic carbocycles. The molecule has 0 spiro atoms. The second-order valence-corrected chi connectivity index (χ2v) is 6.08. The van der Waals surface area contributed by atoms with Gasteiger partial charge in [-0.2, -0.15) is 4.91 Å². The molecule has 25 heavy (non-hydrogen) atoms. The van der Waals surface area contributed by atoms with Gasteiger partial charge in [-0.25, -0.2) is 4.79 Å². The second kappa shape index (κ2) is 7.56. The summed E-state index contributed by atoms with van der Waals surface area (Å²) in [6.07, 6.45) is 1.08. The topological polar surface area (TPSA) is 121 Å². The highest BCUT2D eigenvalue weighted by Crippen LogP contribution is 2.36. The second-order valence-electron chi connectivity index (χ2n) is 6.08. The number of hydrogen-bond donors (Lipinski definition) is 1. The van der Waals surface area contributed by atoms with Crippen LogP contribution in [0.25, 0.3) is 0 Å². The largest absolute Gasteiger partial charge is 0.381 e. The molecular formula is C15H21N3O7. The van der Waals surface area contributed by atoms with Crippen LogP contribution in [-0.4, -0.2) is 54.4 Å². The Morgan fingerprint density at radius 2 is 2.16 bits per heavy atom. The molecule has 3 heterocycles. The Morgan fingerprint density at radius 1 is 1.40 bits per heavy atom. The average Bonchev–Trinajstić information content (AvgIpc) is 2.98. The highest BCUT2D eigenvalue weighted by atomic mass is 16.7. The number of rotatable bonds is 6. The van der Waals surface area contributed by atoms with Crippen LogP contribution in [-0.2, 0) is 18.9 Å². The molecule has 2 aliphatic rings. The molecular weight excluding hydrogens is 334 g/mol. The summed E-state index contributed by atoms with van der Waals surface area (Å²) in [5.41, 5.74) is -1.07. The van der Waals surface area contributed by atoms with E-state index < -0.39 is 35.5 Å². The van der Waals surface area contributed by atoms with Crippen LogP contribution >= 0.6 is 0 Å². The highest BCUT2D eigenvalue weighted by Gasteiger charge is 2.44. The van der Waals surface area contributed by atoms with Crippen molar-refractivity contribution in [1.82, 2.24) is 9.55 Å². The van der Waals surface area contributed by atoms with Gasteiger partial charge in [-0.3, -0.25) is 14.3 Å². The first kappa shape index (κ1) is 17.9. The number of hydrogen-bond acceptors (Lipinski definition) is 8. The van der Waals surface area contributed by atoms with Gasteiger partial charge in [0.1, 0.15) is 18.9 Å². The van der Waals surface area contributed by atoms with Crippen LogP contribution in [0.2, 0.25) is 0 Å². The lowest BCUT2D eigenvalue weighted by atomic mass is 10.1. The number of nitrogens with one attached hydrogen (secondary N) is 1. The third-order valence-corrected chi connectivity index (χ3v) is 4.59. The molecule has 0 aromatic carbocycles. The molecule has 1 aromatic rings. The molecule has 2 saturated heterocycles. The summed E-state index contributed by atoms with van der Waals surface area (Å²) in [6, 6.07) is 1.24. The van der Waals surface area contributed by atoms with E-state index in [1.165, 1.54) is 16.8 Å². The quantitative estimate of drug-likeness (QED) is 0.568. The summed E-state index contributed by atoms with van der Waals surface area (Å²) >= 11 is 0. The van der Waals surface area contributed by atoms with Crippen molar-refractivity contribution in [2.75, 3.05) is 26.9 Å². The van der Waals surface area contributed by atoms with Crippen molar-refractivity contribution in [3.05, 3.63) is 38.0 Å². The zero-order valence-corrected chi connectivity index (χ0v) is 13.9. The van der Waals surface area contributed by atoms with Gasteiger partial charge in [-0.15, -0.1) is 0 Å². The zero-order chi connectivity index (χ0) is 17.9. The Kier molecular flexibility index (Phi) is 5.42. The van der Waals surface area contributed by atoms with E-state index in [0.717, 1.165) is 0 Å². The Labute approximate surface area is 143 Å². The van der Waals surface area contributed by atoms with Crippen molar-refractivity contribution in [2.24, 2.45) is 5.18 Å². The van der Waals surface area contributed by atoms with Gasteiger partial charge >= 0.3 is 5.69 Å². The molecule has 138 valence electrons. The number of methoxy groups -OCH3 is 1. The first-order valence-electron chi connectivity index (χ1n) is 8.14. The molecule has 0 radical (unpaired) electrons. The van der Waals surface area contributed by atoms with Crippen molar-refractivity contribution < 1.29 is 18.9 Å². The van der Waals surface area contributed by atoms with Gasteiger partial charge in [0.05, 0.1) is 19.3 Å². The van der Waals surface area contributed by atoms with Gasteiger partial charge in [-0.1, -0.05) is 5.18 Å². The summed E-state index contributed by atoms with van der Waals surface area (Å²) in [5, 5.41) is 2.91. The van der Waals surface area contributed by atoms with Crippen LogP contribution in [0.4, 0.5) is 0 Å². The van der Waals surface area contributed by atoms with Crippen LogP contribution < -0.4 is 11.2 Å². The number of ether oxygens (including phenoxy) is 4. The number of H-pyrrole nitrogens is 1. The maximum absolute atomic E-state index is 12.0. The molecule has 10 nitrogen and oxygen atoms in total. The maximum Gasteiger partial charge on any atom is 0.330 e. The third-order valence-electron chi connectivity index (χ3n) is 4.59. The number of nitroso groups, excluding NO2 is 1. The van der Waals surface area contributed by atoms with Crippen LogP contribution in [0.5, 0.6) is 0 Å². The van der Waals surface area contributed by atoms with E-state index >= 15 is 0 Å². The van der Waals surface area contributed by atoms with Crippen molar-refractivity contribution in [1.29, 1.82) is 0 Å². The fourth-order valence-electron chi connectivity index (χ4n) is 3.22. The van der Waals surface area contributed by atoms with Crippen molar-refractivity contribution in [3.63, 3.8) is 0 Å². The maximum atomic E-state index is 12.0. The SMILES string of the molecule is COC1(OC2C[C@H](n3ccc(=O)[nH]c3=O)O[C@@H]2CN=O)CCOCC1. The minimum absolute atomic E-state index is 0.102. The minimum Gasteiger partial charge on any atom is -0.381 e. The lowest BCUT2D eigenvalue weighted by Crippen LogP contribution is -2.46. The minimum atomic E-state index is -0.807. The van der Waals surface area contributed by atoms with E-state index in [-0.39, 0.29) is 6.54 Å². The third kappa shape index (κ3) is 3.87. The van der Waals surface area contributed by atoms with Gasteiger partial charge < -0.3 is 18.9 Å².